The Kier molecular flexibility index (Phi) is 7.65. The SMILES string of the molecule is CCOc1c(I)cc(/C=C2\SC(=Nc3ccc(OC)cc3)N(CC)C2=O)cc1OC. The van der Waals surface area contributed by atoms with E-state index in [1.165, 1.54) is 11.8 Å². The lowest BCUT2D eigenvalue weighted by Gasteiger charge is -2.12. The number of hydrogen-bond acceptors (Lipinski definition) is 6. The molecule has 0 atom stereocenters. The number of methoxy groups -OCH3 is 2. The van der Waals surface area contributed by atoms with Crippen molar-refractivity contribution < 1.29 is 19.0 Å². The summed E-state index contributed by atoms with van der Waals surface area (Å²) in [6.07, 6.45) is 1.87. The molecule has 1 amide bonds. The van der Waals surface area contributed by atoms with E-state index in [0.29, 0.717) is 34.7 Å². The first-order valence-corrected chi connectivity index (χ1v) is 11.3. The molecule has 0 bridgehead atoms. The summed E-state index contributed by atoms with van der Waals surface area (Å²) in [5, 5.41) is 0.659. The van der Waals surface area contributed by atoms with Crippen molar-refractivity contribution in [2.24, 2.45) is 4.99 Å². The summed E-state index contributed by atoms with van der Waals surface area (Å²) in [5.74, 6) is 2.06. The van der Waals surface area contributed by atoms with Crippen LogP contribution in [0.4, 0.5) is 5.69 Å². The van der Waals surface area contributed by atoms with Crippen molar-refractivity contribution in [3.63, 3.8) is 0 Å². The molecule has 0 N–H and O–H groups in total. The summed E-state index contributed by atoms with van der Waals surface area (Å²) in [4.78, 5) is 19.9. The molecular formula is C22H23IN2O4S. The third kappa shape index (κ3) is 4.92. The zero-order chi connectivity index (χ0) is 21.7. The lowest BCUT2D eigenvalue weighted by atomic mass is 10.2. The number of rotatable bonds is 7. The first-order chi connectivity index (χ1) is 14.5. The number of amidine groups is 1. The molecule has 0 aliphatic carbocycles. The normalized spacial score (nSPS) is 16.4. The number of benzene rings is 2. The van der Waals surface area contributed by atoms with Crippen LogP contribution >= 0.6 is 34.4 Å². The molecule has 0 spiro atoms. The zero-order valence-corrected chi connectivity index (χ0v) is 20.2. The summed E-state index contributed by atoms with van der Waals surface area (Å²) in [5.41, 5.74) is 1.64. The van der Waals surface area contributed by atoms with Gasteiger partial charge in [-0.3, -0.25) is 9.69 Å². The molecule has 1 heterocycles. The Morgan fingerprint density at radius 3 is 2.47 bits per heavy atom. The number of aliphatic imine (C=N–C) groups is 1. The Morgan fingerprint density at radius 1 is 1.13 bits per heavy atom. The highest BCUT2D eigenvalue weighted by Gasteiger charge is 2.32. The van der Waals surface area contributed by atoms with Crippen molar-refractivity contribution in [3.05, 3.63) is 50.4 Å². The Labute approximate surface area is 194 Å². The molecule has 6 nitrogen and oxygen atoms in total. The van der Waals surface area contributed by atoms with Crippen LogP contribution in [0.5, 0.6) is 17.2 Å². The van der Waals surface area contributed by atoms with Crippen LogP contribution in [0.2, 0.25) is 0 Å². The maximum atomic E-state index is 12.9. The van der Waals surface area contributed by atoms with Crippen molar-refractivity contribution >= 4 is 57.2 Å². The van der Waals surface area contributed by atoms with Gasteiger partial charge in [-0.15, -0.1) is 0 Å². The van der Waals surface area contributed by atoms with Crippen LogP contribution in [-0.2, 0) is 4.79 Å². The molecule has 1 aliphatic rings. The fourth-order valence-corrected chi connectivity index (χ4v) is 4.74. The van der Waals surface area contributed by atoms with Crippen LogP contribution in [-0.4, -0.2) is 43.3 Å². The summed E-state index contributed by atoms with van der Waals surface area (Å²) >= 11 is 3.58. The van der Waals surface area contributed by atoms with Gasteiger partial charge in [0.1, 0.15) is 5.75 Å². The minimum atomic E-state index is -0.0578. The van der Waals surface area contributed by atoms with Gasteiger partial charge in [0, 0.05) is 6.54 Å². The van der Waals surface area contributed by atoms with Gasteiger partial charge in [-0.2, -0.15) is 0 Å². The number of halogens is 1. The second-order valence-electron chi connectivity index (χ2n) is 6.22. The maximum Gasteiger partial charge on any atom is 0.266 e. The first kappa shape index (κ1) is 22.5. The standard InChI is InChI=1S/C22H23IN2O4S/c1-5-25-21(26)19(30-22(25)24-15-7-9-16(27-3)10-8-15)13-14-11-17(23)20(29-6-2)18(12-14)28-4/h7-13H,5-6H2,1-4H3/b19-13-,24-22?. The predicted molar refractivity (Wildman–Crippen MR) is 130 cm³/mol. The lowest BCUT2D eigenvalue weighted by Crippen LogP contribution is -2.28. The third-order valence-electron chi connectivity index (χ3n) is 4.34. The molecule has 2 aromatic rings. The van der Waals surface area contributed by atoms with Crippen molar-refractivity contribution in [1.29, 1.82) is 0 Å². The largest absolute Gasteiger partial charge is 0.497 e. The minimum absolute atomic E-state index is 0.0578. The number of hydrogen-bond donors (Lipinski definition) is 0. The fourth-order valence-electron chi connectivity index (χ4n) is 2.90. The highest BCUT2D eigenvalue weighted by atomic mass is 127. The number of carbonyl (C=O) groups excluding carboxylic acids is 1. The van der Waals surface area contributed by atoms with E-state index in [4.69, 9.17) is 14.2 Å². The quantitative estimate of drug-likeness (QED) is 0.353. The van der Waals surface area contributed by atoms with E-state index >= 15 is 0 Å². The molecule has 1 saturated heterocycles. The first-order valence-electron chi connectivity index (χ1n) is 9.45. The van der Waals surface area contributed by atoms with Crippen LogP contribution < -0.4 is 14.2 Å². The average Bonchev–Trinajstić information content (AvgIpc) is 3.04. The smallest absolute Gasteiger partial charge is 0.266 e. The number of carbonyl (C=O) groups is 1. The summed E-state index contributed by atoms with van der Waals surface area (Å²) < 4.78 is 17.3. The van der Waals surface area contributed by atoms with Gasteiger partial charge in [0.25, 0.3) is 5.91 Å². The predicted octanol–water partition coefficient (Wildman–Crippen LogP) is 5.33. The molecule has 2 aromatic carbocycles. The molecule has 1 aliphatic heterocycles. The van der Waals surface area contributed by atoms with Crippen LogP contribution in [0.25, 0.3) is 6.08 Å². The van der Waals surface area contributed by atoms with E-state index in [9.17, 15) is 4.79 Å². The lowest BCUT2D eigenvalue weighted by molar-refractivity contribution is -0.122. The molecule has 1 fully saturated rings. The number of thioether (sulfide) groups is 1. The van der Waals surface area contributed by atoms with Crippen molar-refractivity contribution in [1.82, 2.24) is 4.90 Å². The van der Waals surface area contributed by atoms with E-state index < -0.39 is 0 Å². The molecule has 158 valence electrons. The molecule has 0 radical (unpaired) electrons. The van der Waals surface area contributed by atoms with E-state index in [-0.39, 0.29) is 5.91 Å². The second kappa shape index (κ2) is 10.2. The van der Waals surface area contributed by atoms with Gasteiger partial charge >= 0.3 is 0 Å². The van der Waals surface area contributed by atoms with Gasteiger partial charge in [-0.25, -0.2) is 4.99 Å². The Balaban J connectivity index is 1.93. The summed E-state index contributed by atoms with van der Waals surface area (Å²) in [6.45, 7) is 4.97. The number of nitrogens with zero attached hydrogens (tertiary/aromatic N) is 2. The van der Waals surface area contributed by atoms with Gasteiger partial charge in [0.15, 0.2) is 16.7 Å². The average molecular weight is 538 g/mol. The van der Waals surface area contributed by atoms with E-state index in [2.05, 4.69) is 27.6 Å². The van der Waals surface area contributed by atoms with Crippen LogP contribution in [0, 0.1) is 3.57 Å². The van der Waals surface area contributed by atoms with Gasteiger partial charge in [0.05, 0.1) is 35.0 Å². The van der Waals surface area contributed by atoms with Crippen LogP contribution in [0.15, 0.2) is 46.3 Å². The van der Waals surface area contributed by atoms with Crippen LogP contribution in [0.3, 0.4) is 0 Å². The number of likely N-dealkylation sites (N-methyl/N-ethyl adjacent to an activating group) is 1. The molecular weight excluding hydrogens is 515 g/mol. The highest BCUT2D eigenvalue weighted by Crippen LogP contribution is 2.38. The van der Waals surface area contributed by atoms with Gasteiger partial charge in [-0.05, 0) is 96.2 Å². The highest BCUT2D eigenvalue weighted by molar-refractivity contribution is 14.1. The molecule has 0 aromatic heterocycles. The second-order valence-corrected chi connectivity index (χ2v) is 8.39. The molecule has 3 rings (SSSR count). The zero-order valence-electron chi connectivity index (χ0n) is 17.3. The van der Waals surface area contributed by atoms with Crippen LogP contribution in [0.1, 0.15) is 19.4 Å². The molecule has 0 unspecified atom stereocenters. The van der Waals surface area contributed by atoms with E-state index in [1.807, 2.05) is 56.3 Å². The van der Waals surface area contributed by atoms with Crippen molar-refractivity contribution in [2.75, 3.05) is 27.4 Å². The van der Waals surface area contributed by atoms with Gasteiger partial charge in [-0.1, -0.05) is 0 Å². The van der Waals surface area contributed by atoms with Crippen molar-refractivity contribution in [3.8, 4) is 17.2 Å². The Morgan fingerprint density at radius 2 is 1.87 bits per heavy atom. The van der Waals surface area contributed by atoms with Crippen molar-refractivity contribution in [2.45, 2.75) is 13.8 Å². The Hall–Kier alpha value is -2.20. The molecule has 8 heteroatoms. The fraction of sp³-hybridized carbons (Fsp3) is 0.273. The maximum absolute atomic E-state index is 12.9. The third-order valence-corrected chi connectivity index (χ3v) is 6.15. The summed E-state index contributed by atoms with van der Waals surface area (Å²) in [7, 11) is 3.23. The topological polar surface area (TPSA) is 60.4 Å². The Bertz CT molecular complexity index is 989. The number of ether oxygens (including phenoxy) is 3. The van der Waals surface area contributed by atoms with Gasteiger partial charge < -0.3 is 14.2 Å². The minimum Gasteiger partial charge on any atom is -0.497 e. The van der Waals surface area contributed by atoms with Gasteiger partial charge in [0.2, 0.25) is 0 Å². The summed E-state index contributed by atoms with van der Waals surface area (Å²) in [6, 6.07) is 11.3. The molecule has 0 saturated carbocycles. The van der Waals surface area contributed by atoms with E-state index in [0.717, 1.165) is 20.6 Å². The monoisotopic (exact) mass is 538 g/mol. The number of amides is 1. The van der Waals surface area contributed by atoms with E-state index in [1.54, 1.807) is 19.1 Å². The molecule has 30 heavy (non-hydrogen) atoms.